The zero-order valence-electron chi connectivity index (χ0n) is 12.7. The lowest BCUT2D eigenvalue weighted by Crippen LogP contribution is -2.63. The number of amides is 2. The Labute approximate surface area is 121 Å². The monoisotopic (exact) mass is 278 g/mol. The van der Waals surface area contributed by atoms with E-state index in [1.807, 2.05) is 9.80 Å². The zero-order chi connectivity index (χ0) is 14.3. The maximum absolute atomic E-state index is 12.7. The molecule has 112 valence electrons. The van der Waals surface area contributed by atoms with E-state index in [9.17, 15) is 9.59 Å². The van der Waals surface area contributed by atoms with Crippen molar-refractivity contribution in [3.8, 4) is 0 Å². The van der Waals surface area contributed by atoms with Gasteiger partial charge in [-0.2, -0.15) is 0 Å². The van der Waals surface area contributed by atoms with E-state index in [4.69, 9.17) is 0 Å². The van der Waals surface area contributed by atoms with Crippen molar-refractivity contribution in [3.63, 3.8) is 0 Å². The summed E-state index contributed by atoms with van der Waals surface area (Å²) in [5.74, 6) is 0.379. The highest BCUT2D eigenvalue weighted by Gasteiger charge is 2.44. The van der Waals surface area contributed by atoms with Crippen LogP contribution in [0.15, 0.2) is 0 Å². The Hall–Kier alpha value is -1.06. The van der Waals surface area contributed by atoms with Gasteiger partial charge in [0.25, 0.3) is 0 Å². The Morgan fingerprint density at radius 2 is 1.85 bits per heavy atom. The van der Waals surface area contributed by atoms with Crippen molar-refractivity contribution >= 4 is 11.8 Å². The number of fused-ring (bicyclic) bond motifs is 1. The molecule has 1 saturated carbocycles. The Morgan fingerprint density at radius 1 is 1.05 bits per heavy atom. The first kappa shape index (κ1) is 13.9. The quantitative estimate of drug-likeness (QED) is 0.737. The average molecular weight is 278 g/mol. The third-order valence-electron chi connectivity index (χ3n) is 5.32. The molecule has 2 unspecified atom stereocenters. The summed E-state index contributed by atoms with van der Waals surface area (Å²) in [6, 6.07) is 0.120. The van der Waals surface area contributed by atoms with Crippen molar-refractivity contribution in [3.05, 3.63) is 0 Å². The predicted molar refractivity (Wildman–Crippen MR) is 77.1 cm³/mol. The first-order valence-electron chi connectivity index (χ1n) is 8.08. The SMILES string of the molecule is CC1(C)CCCC(N2CC(=O)N3CCCCC3C2=O)C1. The number of nitrogens with zero attached hydrogens (tertiary/aromatic N) is 2. The number of carbonyl (C=O) groups excluding carboxylic acids is 2. The van der Waals surface area contributed by atoms with Crippen molar-refractivity contribution in [1.29, 1.82) is 0 Å². The summed E-state index contributed by atoms with van der Waals surface area (Å²) in [6.45, 7) is 5.65. The van der Waals surface area contributed by atoms with Crippen LogP contribution in [0.4, 0.5) is 0 Å². The summed E-state index contributed by atoms with van der Waals surface area (Å²) >= 11 is 0. The molecule has 0 N–H and O–H groups in total. The minimum Gasteiger partial charge on any atom is -0.329 e. The van der Waals surface area contributed by atoms with E-state index in [1.54, 1.807) is 0 Å². The van der Waals surface area contributed by atoms with Crippen LogP contribution in [0, 0.1) is 5.41 Å². The second-order valence-electron chi connectivity index (χ2n) is 7.48. The normalized spacial score (nSPS) is 34.1. The molecule has 0 bridgehead atoms. The minimum absolute atomic E-state index is 0.157. The molecule has 3 fully saturated rings. The largest absolute Gasteiger partial charge is 0.329 e. The lowest BCUT2D eigenvalue weighted by molar-refractivity contribution is -0.161. The van der Waals surface area contributed by atoms with Gasteiger partial charge in [0.1, 0.15) is 12.6 Å². The van der Waals surface area contributed by atoms with Gasteiger partial charge in [-0.1, -0.05) is 20.3 Å². The summed E-state index contributed by atoms with van der Waals surface area (Å²) in [4.78, 5) is 28.8. The van der Waals surface area contributed by atoms with Crippen LogP contribution < -0.4 is 0 Å². The molecule has 3 rings (SSSR count). The van der Waals surface area contributed by atoms with Gasteiger partial charge in [-0.3, -0.25) is 9.59 Å². The fourth-order valence-electron chi connectivity index (χ4n) is 4.23. The van der Waals surface area contributed by atoms with Crippen LogP contribution >= 0.6 is 0 Å². The van der Waals surface area contributed by atoms with Crippen molar-refractivity contribution in [1.82, 2.24) is 9.80 Å². The molecule has 4 heteroatoms. The van der Waals surface area contributed by atoms with Crippen LogP contribution in [-0.4, -0.2) is 46.8 Å². The highest BCUT2D eigenvalue weighted by molar-refractivity contribution is 5.95. The Bertz CT molecular complexity index is 419. The van der Waals surface area contributed by atoms with Crippen LogP contribution in [-0.2, 0) is 9.59 Å². The fourth-order valence-corrected chi connectivity index (χ4v) is 4.23. The number of rotatable bonds is 1. The smallest absolute Gasteiger partial charge is 0.246 e. The average Bonchev–Trinajstić information content (AvgIpc) is 2.42. The zero-order valence-corrected chi connectivity index (χ0v) is 12.7. The number of hydrogen-bond acceptors (Lipinski definition) is 2. The summed E-state index contributed by atoms with van der Waals surface area (Å²) in [7, 11) is 0. The van der Waals surface area contributed by atoms with Gasteiger partial charge in [0.15, 0.2) is 0 Å². The van der Waals surface area contributed by atoms with Crippen molar-refractivity contribution < 1.29 is 9.59 Å². The molecular weight excluding hydrogens is 252 g/mol. The molecule has 2 saturated heterocycles. The second-order valence-corrected chi connectivity index (χ2v) is 7.48. The first-order chi connectivity index (χ1) is 9.48. The standard InChI is InChI=1S/C16H26N2O2/c1-16(2)8-5-6-12(10-16)18-11-14(19)17-9-4-3-7-13(17)15(18)20/h12-13H,3-11H2,1-2H3. The van der Waals surface area contributed by atoms with E-state index in [0.717, 1.165) is 38.6 Å². The third-order valence-corrected chi connectivity index (χ3v) is 5.32. The number of piperidine rings is 1. The molecule has 4 nitrogen and oxygen atoms in total. The van der Waals surface area contributed by atoms with Gasteiger partial charge in [-0.05, 0) is 43.9 Å². The van der Waals surface area contributed by atoms with Crippen LogP contribution in [0.2, 0.25) is 0 Å². The molecule has 0 aromatic rings. The fraction of sp³-hybridized carbons (Fsp3) is 0.875. The van der Waals surface area contributed by atoms with Crippen molar-refractivity contribution in [2.45, 2.75) is 70.9 Å². The first-order valence-corrected chi connectivity index (χ1v) is 8.08. The van der Waals surface area contributed by atoms with Gasteiger partial charge in [-0.15, -0.1) is 0 Å². The van der Waals surface area contributed by atoms with E-state index >= 15 is 0 Å². The summed E-state index contributed by atoms with van der Waals surface area (Å²) in [5, 5.41) is 0. The van der Waals surface area contributed by atoms with Gasteiger partial charge < -0.3 is 9.80 Å². The Morgan fingerprint density at radius 3 is 2.60 bits per heavy atom. The summed E-state index contributed by atoms with van der Waals surface area (Å²) in [6.07, 6.45) is 7.49. The number of carbonyl (C=O) groups is 2. The molecule has 0 aromatic heterocycles. The molecule has 0 spiro atoms. The highest BCUT2D eigenvalue weighted by Crippen LogP contribution is 2.38. The van der Waals surface area contributed by atoms with Crippen LogP contribution in [0.5, 0.6) is 0 Å². The topological polar surface area (TPSA) is 40.6 Å². The van der Waals surface area contributed by atoms with E-state index in [0.29, 0.717) is 12.0 Å². The maximum Gasteiger partial charge on any atom is 0.246 e. The predicted octanol–water partition coefficient (Wildman–Crippen LogP) is 2.18. The molecule has 3 aliphatic rings. The Kier molecular flexibility index (Phi) is 3.51. The minimum atomic E-state index is -0.157. The number of hydrogen-bond donors (Lipinski definition) is 0. The molecule has 0 radical (unpaired) electrons. The molecule has 0 aromatic carbocycles. The van der Waals surface area contributed by atoms with Gasteiger partial charge in [0.05, 0.1) is 0 Å². The lowest BCUT2D eigenvalue weighted by atomic mass is 9.74. The third kappa shape index (κ3) is 2.45. The molecule has 2 heterocycles. The van der Waals surface area contributed by atoms with Crippen LogP contribution in [0.3, 0.4) is 0 Å². The van der Waals surface area contributed by atoms with Gasteiger partial charge in [-0.25, -0.2) is 0 Å². The van der Waals surface area contributed by atoms with Crippen molar-refractivity contribution in [2.24, 2.45) is 5.41 Å². The van der Waals surface area contributed by atoms with E-state index in [2.05, 4.69) is 13.8 Å². The highest BCUT2D eigenvalue weighted by atomic mass is 16.2. The maximum atomic E-state index is 12.7. The van der Waals surface area contributed by atoms with E-state index in [1.165, 1.54) is 12.8 Å². The number of piperazine rings is 1. The van der Waals surface area contributed by atoms with Gasteiger partial charge in [0.2, 0.25) is 11.8 Å². The van der Waals surface area contributed by atoms with Crippen LogP contribution in [0.1, 0.15) is 58.8 Å². The molecule has 2 aliphatic heterocycles. The van der Waals surface area contributed by atoms with Crippen molar-refractivity contribution in [2.75, 3.05) is 13.1 Å². The molecule has 2 atom stereocenters. The second kappa shape index (κ2) is 5.05. The molecular formula is C16H26N2O2. The molecule has 2 amide bonds. The summed E-state index contributed by atoms with van der Waals surface area (Å²) < 4.78 is 0. The molecule has 1 aliphatic carbocycles. The van der Waals surface area contributed by atoms with Gasteiger partial charge in [0, 0.05) is 12.6 Å². The Balaban J connectivity index is 1.76. The molecule has 20 heavy (non-hydrogen) atoms. The van der Waals surface area contributed by atoms with Gasteiger partial charge >= 0.3 is 0 Å². The van der Waals surface area contributed by atoms with Crippen LogP contribution in [0.25, 0.3) is 0 Å². The summed E-state index contributed by atoms with van der Waals surface area (Å²) in [5.41, 5.74) is 0.302. The lowest BCUT2D eigenvalue weighted by Gasteiger charge is -2.48. The van der Waals surface area contributed by atoms with E-state index in [-0.39, 0.29) is 23.9 Å². The van der Waals surface area contributed by atoms with E-state index < -0.39 is 0 Å².